The maximum absolute atomic E-state index is 12.9. The molecule has 482 valence electrons. The molecule has 0 aromatic heterocycles. The number of esters is 3. The molecule has 0 aliphatic rings. The van der Waals surface area contributed by atoms with Crippen LogP contribution in [0, 0.1) is 0 Å². The van der Waals surface area contributed by atoms with E-state index >= 15 is 0 Å². The summed E-state index contributed by atoms with van der Waals surface area (Å²) in [4.78, 5) is 38.4. The second-order valence-electron chi connectivity index (χ2n) is 25.2. The summed E-state index contributed by atoms with van der Waals surface area (Å²) in [6.07, 6.45) is 89.2. The minimum atomic E-state index is -0.779. The van der Waals surface area contributed by atoms with Crippen LogP contribution in [0.3, 0.4) is 0 Å². The van der Waals surface area contributed by atoms with Gasteiger partial charge in [-0.25, -0.2) is 0 Å². The molecule has 0 aromatic carbocycles. The van der Waals surface area contributed by atoms with Gasteiger partial charge < -0.3 is 14.2 Å². The smallest absolute Gasteiger partial charge is 0.306 e. The minimum absolute atomic E-state index is 0.0738. The Morgan fingerprint density at radius 3 is 0.720 bits per heavy atom. The number of hydrogen-bond acceptors (Lipinski definition) is 6. The molecule has 0 amide bonds. The molecule has 6 nitrogen and oxygen atoms in total. The van der Waals surface area contributed by atoms with Crippen molar-refractivity contribution in [1.29, 1.82) is 0 Å². The second-order valence-corrected chi connectivity index (χ2v) is 25.2. The molecule has 0 heterocycles. The molecule has 0 aliphatic heterocycles. The van der Waals surface area contributed by atoms with E-state index in [9.17, 15) is 14.4 Å². The van der Waals surface area contributed by atoms with Crippen LogP contribution in [-0.4, -0.2) is 37.2 Å². The molecule has 0 spiro atoms. The maximum Gasteiger partial charge on any atom is 0.306 e. The normalized spacial score (nSPS) is 12.2. The molecule has 0 saturated heterocycles. The van der Waals surface area contributed by atoms with Crippen molar-refractivity contribution in [2.24, 2.45) is 0 Å². The van der Waals surface area contributed by atoms with Crippen molar-refractivity contribution >= 4 is 17.9 Å². The molecule has 1 atom stereocenters. The molecule has 0 N–H and O–H groups in total. The van der Waals surface area contributed by atoms with Gasteiger partial charge in [-0.2, -0.15) is 0 Å². The minimum Gasteiger partial charge on any atom is -0.462 e. The lowest BCUT2D eigenvalue weighted by atomic mass is 10.0. The average Bonchev–Trinajstić information content (AvgIpc) is 3.47. The van der Waals surface area contributed by atoms with E-state index in [0.717, 1.165) is 77.0 Å². The monoisotopic (exact) mass is 1150 g/mol. The van der Waals surface area contributed by atoms with E-state index in [-0.39, 0.29) is 31.1 Å². The van der Waals surface area contributed by atoms with Gasteiger partial charge in [-0.05, 0) is 77.0 Å². The van der Waals surface area contributed by atoms with Crippen molar-refractivity contribution in [3.8, 4) is 0 Å². The van der Waals surface area contributed by atoms with Crippen molar-refractivity contribution in [1.82, 2.24) is 0 Å². The SMILES string of the molecule is CCCCC/C=C\C/C=C\CCCCCCCCCC(=O)OC(COC(=O)CCCCCCC/C=C\CCCCCC)COC(=O)CCCCCCCCCCCCCCCCCCCCCCCCCCCCCCCCCCCC. The molecule has 6 heteroatoms. The number of unbranched alkanes of at least 4 members (excludes halogenated alkanes) is 52. The second kappa shape index (κ2) is 71.1. The van der Waals surface area contributed by atoms with Crippen molar-refractivity contribution < 1.29 is 28.6 Å². The standard InChI is InChI=1S/C76H142O6/c1-4-7-10-13-16-19-22-25-27-29-30-31-32-33-34-35-36-37-38-39-40-41-42-43-44-45-47-48-51-54-57-60-63-66-69-75(78)81-72-73(71-80-74(77)68-65-62-59-56-53-50-24-21-18-15-12-9-6-3)82-76(79)70-67-64-61-58-55-52-49-46-28-26-23-20-17-14-11-8-5-2/h17,20-21,24,26,28,73H,4-16,18-19,22-23,25,27,29-72H2,1-3H3/b20-17-,24-21-,28-26-. The van der Waals surface area contributed by atoms with Gasteiger partial charge in [0.25, 0.3) is 0 Å². The first-order valence-corrected chi connectivity index (χ1v) is 37.0. The van der Waals surface area contributed by atoms with Crippen LogP contribution < -0.4 is 0 Å². The summed E-state index contributed by atoms with van der Waals surface area (Å²) in [6.45, 7) is 6.66. The largest absolute Gasteiger partial charge is 0.462 e. The summed E-state index contributed by atoms with van der Waals surface area (Å²) in [5, 5.41) is 0. The van der Waals surface area contributed by atoms with Crippen LogP contribution in [0.4, 0.5) is 0 Å². The van der Waals surface area contributed by atoms with Crippen LogP contribution in [0.1, 0.15) is 412 Å². The summed E-state index contributed by atoms with van der Waals surface area (Å²) >= 11 is 0. The number of hydrogen-bond donors (Lipinski definition) is 0. The Balaban J connectivity index is 4.08. The molecular weight excluding hydrogens is 1010 g/mol. The molecule has 0 rings (SSSR count). The maximum atomic E-state index is 12.9. The highest BCUT2D eigenvalue weighted by atomic mass is 16.6. The van der Waals surface area contributed by atoms with Gasteiger partial charge in [-0.3, -0.25) is 14.4 Å². The topological polar surface area (TPSA) is 78.9 Å². The zero-order valence-electron chi connectivity index (χ0n) is 55.5. The fraction of sp³-hybridized carbons (Fsp3) is 0.882. The van der Waals surface area contributed by atoms with Gasteiger partial charge in [-0.1, -0.05) is 353 Å². The van der Waals surface area contributed by atoms with Gasteiger partial charge in [0.15, 0.2) is 6.10 Å². The van der Waals surface area contributed by atoms with E-state index in [1.807, 2.05) is 0 Å². The van der Waals surface area contributed by atoms with Crippen molar-refractivity contribution in [2.75, 3.05) is 13.2 Å². The first kappa shape index (κ1) is 79.6. The van der Waals surface area contributed by atoms with Gasteiger partial charge in [0, 0.05) is 19.3 Å². The molecule has 0 aliphatic carbocycles. The third-order valence-electron chi connectivity index (χ3n) is 16.9. The molecule has 1 unspecified atom stereocenters. The molecule has 0 radical (unpaired) electrons. The summed E-state index contributed by atoms with van der Waals surface area (Å²) < 4.78 is 17.0. The lowest BCUT2D eigenvalue weighted by Crippen LogP contribution is -2.30. The lowest BCUT2D eigenvalue weighted by molar-refractivity contribution is -0.167. The average molecular weight is 1150 g/mol. The predicted octanol–water partition coefficient (Wildman–Crippen LogP) is 25.5. The fourth-order valence-electron chi connectivity index (χ4n) is 11.3. The van der Waals surface area contributed by atoms with Crippen molar-refractivity contribution in [3.05, 3.63) is 36.5 Å². The first-order valence-electron chi connectivity index (χ1n) is 37.0. The Morgan fingerprint density at radius 1 is 0.244 bits per heavy atom. The van der Waals surface area contributed by atoms with Crippen LogP contribution in [0.15, 0.2) is 36.5 Å². The highest BCUT2D eigenvalue weighted by molar-refractivity contribution is 5.71. The van der Waals surface area contributed by atoms with E-state index in [1.54, 1.807) is 0 Å². The quantitative estimate of drug-likeness (QED) is 0.0261. The van der Waals surface area contributed by atoms with Crippen molar-refractivity contribution in [2.45, 2.75) is 419 Å². The first-order chi connectivity index (χ1) is 40.5. The van der Waals surface area contributed by atoms with Gasteiger partial charge in [0.05, 0.1) is 0 Å². The Hall–Kier alpha value is -2.37. The Kier molecular flexibility index (Phi) is 69.1. The summed E-state index contributed by atoms with van der Waals surface area (Å²) in [6, 6.07) is 0. The molecule has 0 saturated carbocycles. The van der Waals surface area contributed by atoms with Crippen LogP contribution in [-0.2, 0) is 28.6 Å². The van der Waals surface area contributed by atoms with Crippen LogP contribution in [0.5, 0.6) is 0 Å². The Labute approximate surface area is 512 Å². The zero-order chi connectivity index (χ0) is 59.2. The lowest BCUT2D eigenvalue weighted by Gasteiger charge is -2.18. The van der Waals surface area contributed by atoms with Crippen molar-refractivity contribution in [3.63, 3.8) is 0 Å². The summed E-state index contributed by atoms with van der Waals surface area (Å²) in [5.41, 5.74) is 0. The molecular formula is C76H142O6. The van der Waals surface area contributed by atoms with E-state index in [1.165, 1.54) is 295 Å². The highest BCUT2D eigenvalue weighted by Gasteiger charge is 2.19. The number of ether oxygens (including phenoxy) is 3. The van der Waals surface area contributed by atoms with Crippen LogP contribution >= 0.6 is 0 Å². The third kappa shape index (κ3) is 68.4. The van der Waals surface area contributed by atoms with Gasteiger partial charge in [-0.15, -0.1) is 0 Å². The summed E-state index contributed by atoms with van der Waals surface area (Å²) in [5.74, 6) is -0.865. The van der Waals surface area contributed by atoms with E-state index in [4.69, 9.17) is 14.2 Å². The van der Waals surface area contributed by atoms with E-state index in [2.05, 4.69) is 57.2 Å². The number of allylic oxidation sites excluding steroid dienone is 6. The van der Waals surface area contributed by atoms with Gasteiger partial charge >= 0.3 is 17.9 Å². The molecule has 0 aromatic rings. The van der Waals surface area contributed by atoms with Gasteiger partial charge in [0.1, 0.15) is 13.2 Å². The zero-order valence-corrected chi connectivity index (χ0v) is 55.5. The number of carbonyl (C=O) groups is 3. The molecule has 0 bridgehead atoms. The number of carbonyl (C=O) groups excluding carboxylic acids is 3. The Bertz CT molecular complexity index is 1370. The predicted molar refractivity (Wildman–Crippen MR) is 358 cm³/mol. The van der Waals surface area contributed by atoms with E-state index < -0.39 is 6.10 Å². The van der Waals surface area contributed by atoms with Gasteiger partial charge in [0.2, 0.25) is 0 Å². The van der Waals surface area contributed by atoms with Crippen LogP contribution in [0.25, 0.3) is 0 Å². The van der Waals surface area contributed by atoms with E-state index in [0.29, 0.717) is 19.3 Å². The summed E-state index contributed by atoms with van der Waals surface area (Å²) in [7, 11) is 0. The third-order valence-corrected chi connectivity index (χ3v) is 16.9. The number of rotatable bonds is 69. The highest BCUT2D eigenvalue weighted by Crippen LogP contribution is 2.19. The fourth-order valence-corrected chi connectivity index (χ4v) is 11.3. The molecule has 0 fully saturated rings. The van der Waals surface area contributed by atoms with Crippen LogP contribution in [0.2, 0.25) is 0 Å². The molecule has 82 heavy (non-hydrogen) atoms. The Morgan fingerprint density at radius 2 is 0.439 bits per heavy atom.